The molecule has 0 saturated carbocycles. The zero-order valence-electron chi connectivity index (χ0n) is 11.1. The fourth-order valence-electron chi connectivity index (χ4n) is 1.61. The molecule has 1 heterocycles. The summed E-state index contributed by atoms with van der Waals surface area (Å²) in [6, 6.07) is 0. The summed E-state index contributed by atoms with van der Waals surface area (Å²) >= 11 is 0. The summed E-state index contributed by atoms with van der Waals surface area (Å²) in [4.78, 5) is 11.9. The summed E-state index contributed by atoms with van der Waals surface area (Å²) in [6.07, 6.45) is 4.30. The molecule has 0 bridgehead atoms. The molecule has 1 rings (SSSR count). The van der Waals surface area contributed by atoms with Crippen molar-refractivity contribution in [2.45, 2.75) is 26.8 Å². The van der Waals surface area contributed by atoms with E-state index in [-0.39, 0.29) is 5.91 Å². The summed E-state index contributed by atoms with van der Waals surface area (Å²) in [5.74, 6) is -0.0999. The molecule has 0 saturated heterocycles. The van der Waals surface area contributed by atoms with Gasteiger partial charge in [0.15, 0.2) is 0 Å². The number of aromatic nitrogens is 2. The maximum absolute atomic E-state index is 11.9. The molecule has 0 aliphatic rings. The van der Waals surface area contributed by atoms with Crippen molar-refractivity contribution < 1.29 is 9.53 Å². The van der Waals surface area contributed by atoms with Gasteiger partial charge >= 0.3 is 0 Å². The van der Waals surface area contributed by atoms with E-state index >= 15 is 0 Å². The SMILES string of the molecule is C=CCOCCNC(=O)c1cnn(CCC)c1C. The first-order valence-electron chi connectivity index (χ1n) is 6.20. The third-order valence-electron chi connectivity index (χ3n) is 2.55. The normalized spacial score (nSPS) is 10.3. The average molecular weight is 251 g/mol. The maximum atomic E-state index is 11.9. The highest BCUT2D eigenvalue weighted by molar-refractivity contribution is 5.94. The van der Waals surface area contributed by atoms with Crippen molar-refractivity contribution >= 4 is 5.91 Å². The van der Waals surface area contributed by atoms with Crippen LogP contribution < -0.4 is 5.32 Å². The topological polar surface area (TPSA) is 56.1 Å². The predicted molar refractivity (Wildman–Crippen MR) is 70.6 cm³/mol. The van der Waals surface area contributed by atoms with Gasteiger partial charge in [0.1, 0.15) is 0 Å². The van der Waals surface area contributed by atoms with Crippen LogP contribution in [-0.2, 0) is 11.3 Å². The Balaban J connectivity index is 2.44. The molecule has 0 radical (unpaired) electrons. The van der Waals surface area contributed by atoms with Gasteiger partial charge < -0.3 is 10.1 Å². The smallest absolute Gasteiger partial charge is 0.254 e. The largest absolute Gasteiger partial charge is 0.376 e. The Morgan fingerprint density at radius 2 is 2.44 bits per heavy atom. The lowest BCUT2D eigenvalue weighted by atomic mass is 10.2. The number of carbonyl (C=O) groups is 1. The Labute approximate surface area is 108 Å². The first kappa shape index (κ1) is 14.4. The zero-order valence-corrected chi connectivity index (χ0v) is 11.1. The van der Waals surface area contributed by atoms with E-state index in [1.54, 1.807) is 12.3 Å². The molecule has 0 aliphatic carbocycles. The molecule has 5 nitrogen and oxygen atoms in total. The van der Waals surface area contributed by atoms with Gasteiger partial charge in [0, 0.05) is 18.8 Å². The van der Waals surface area contributed by atoms with Crippen LogP contribution >= 0.6 is 0 Å². The first-order chi connectivity index (χ1) is 8.70. The number of aryl methyl sites for hydroxylation is 1. The van der Waals surface area contributed by atoms with Gasteiger partial charge in [-0.3, -0.25) is 9.48 Å². The van der Waals surface area contributed by atoms with Crippen molar-refractivity contribution in [1.82, 2.24) is 15.1 Å². The molecule has 0 aliphatic heterocycles. The molecule has 0 spiro atoms. The summed E-state index contributed by atoms with van der Waals surface area (Å²) < 4.78 is 7.04. The van der Waals surface area contributed by atoms with Crippen LogP contribution in [0.3, 0.4) is 0 Å². The van der Waals surface area contributed by atoms with Crippen molar-refractivity contribution in [2.75, 3.05) is 19.8 Å². The Kier molecular flexibility index (Phi) is 6.14. The van der Waals surface area contributed by atoms with Crippen molar-refractivity contribution in [3.63, 3.8) is 0 Å². The van der Waals surface area contributed by atoms with Gasteiger partial charge in [-0.05, 0) is 13.3 Å². The van der Waals surface area contributed by atoms with Gasteiger partial charge in [-0.15, -0.1) is 6.58 Å². The molecule has 5 heteroatoms. The summed E-state index contributed by atoms with van der Waals surface area (Å²) in [7, 11) is 0. The molecular formula is C13H21N3O2. The maximum Gasteiger partial charge on any atom is 0.254 e. The molecule has 1 aromatic rings. The van der Waals surface area contributed by atoms with Gasteiger partial charge in [0.05, 0.1) is 25.0 Å². The average Bonchev–Trinajstić information content (AvgIpc) is 2.71. The summed E-state index contributed by atoms with van der Waals surface area (Å²) in [6.45, 7) is 9.85. The minimum atomic E-state index is -0.0999. The van der Waals surface area contributed by atoms with E-state index in [0.717, 1.165) is 18.7 Å². The lowest BCUT2D eigenvalue weighted by molar-refractivity contribution is 0.0928. The summed E-state index contributed by atoms with van der Waals surface area (Å²) in [5, 5.41) is 7.00. The van der Waals surface area contributed by atoms with Crippen LogP contribution in [0.5, 0.6) is 0 Å². The molecule has 1 N–H and O–H groups in total. The predicted octanol–water partition coefficient (Wildman–Crippen LogP) is 1.53. The Bertz CT molecular complexity index is 399. The Hall–Kier alpha value is -1.62. The second kappa shape index (κ2) is 7.66. The second-order valence-corrected chi connectivity index (χ2v) is 3.99. The van der Waals surface area contributed by atoms with Crippen LogP contribution in [0.4, 0.5) is 0 Å². The molecule has 18 heavy (non-hydrogen) atoms. The highest BCUT2D eigenvalue weighted by atomic mass is 16.5. The number of hydrogen-bond acceptors (Lipinski definition) is 3. The number of amides is 1. The van der Waals surface area contributed by atoms with Crippen molar-refractivity contribution in [3.05, 3.63) is 30.1 Å². The minimum Gasteiger partial charge on any atom is -0.376 e. The molecule has 0 atom stereocenters. The third kappa shape index (κ3) is 4.00. The Morgan fingerprint density at radius 3 is 3.11 bits per heavy atom. The van der Waals surface area contributed by atoms with Crippen LogP contribution in [0.15, 0.2) is 18.9 Å². The summed E-state index contributed by atoms with van der Waals surface area (Å²) in [5.41, 5.74) is 1.54. The molecule has 0 unspecified atom stereocenters. The molecule has 1 amide bonds. The highest BCUT2D eigenvalue weighted by Gasteiger charge is 2.12. The lowest BCUT2D eigenvalue weighted by Gasteiger charge is -2.05. The van der Waals surface area contributed by atoms with Crippen LogP contribution in [0.2, 0.25) is 0 Å². The number of carbonyl (C=O) groups excluding carboxylic acids is 1. The third-order valence-corrected chi connectivity index (χ3v) is 2.55. The number of nitrogens with one attached hydrogen (secondary N) is 1. The van der Waals surface area contributed by atoms with E-state index < -0.39 is 0 Å². The van der Waals surface area contributed by atoms with Crippen molar-refractivity contribution in [2.24, 2.45) is 0 Å². The van der Waals surface area contributed by atoms with E-state index in [4.69, 9.17) is 4.74 Å². The number of rotatable bonds is 8. The van der Waals surface area contributed by atoms with Gasteiger partial charge in [-0.25, -0.2) is 0 Å². The molecule has 100 valence electrons. The van der Waals surface area contributed by atoms with Crippen LogP contribution in [0.25, 0.3) is 0 Å². The molecule has 0 aromatic carbocycles. The number of hydrogen-bond donors (Lipinski definition) is 1. The van der Waals surface area contributed by atoms with E-state index in [2.05, 4.69) is 23.9 Å². The zero-order chi connectivity index (χ0) is 13.4. The van der Waals surface area contributed by atoms with Crippen molar-refractivity contribution in [1.29, 1.82) is 0 Å². The highest BCUT2D eigenvalue weighted by Crippen LogP contribution is 2.07. The minimum absolute atomic E-state index is 0.0999. The first-order valence-corrected chi connectivity index (χ1v) is 6.20. The van der Waals surface area contributed by atoms with Crippen LogP contribution in [0, 0.1) is 6.92 Å². The van der Waals surface area contributed by atoms with E-state index in [1.165, 1.54) is 0 Å². The van der Waals surface area contributed by atoms with E-state index in [0.29, 0.717) is 25.3 Å². The quantitative estimate of drug-likeness (QED) is 0.563. The standard InChI is InChI=1S/C13H21N3O2/c1-4-7-16-11(3)12(10-15-16)13(17)14-6-9-18-8-5-2/h5,10H,2,4,6-9H2,1,3H3,(H,14,17). The fourth-order valence-corrected chi connectivity index (χ4v) is 1.61. The number of ether oxygens (including phenoxy) is 1. The van der Waals surface area contributed by atoms with Crippen LogP contribution in [-0.4, -0.2) is 35.4 Å². The van der Waals surface area contributed by atoms with Gasteiger partial charge in [0.2, 0.25) is 0 Å². The molecular weight excluding hydrogens is 230 g/mol. The van der Waals surface area contributed by atoms with Gasteiger partial charge in [-0.2, -0.15) is 5.10 Å². The Morgan fingerprint density at radius 1 is 1.67 bits per heavy atom. The van der Waals surface area contributed by atoms with E-state index in [1.807, 2.05) is 11.6 Å². The fraction of sp³-hybridized carbons (Fsp3) is 0.538. The van der Waals surface area contributed by atoms with Crippen molar-refractivity contribution in [3.8, 4) is 0 Å². The number of nitrogens with zero attached hydrogens (tertiary/aromatic N) is 2. The molecule has 1 aromatic heterocycles. The van der Waals surface area contributed by atoms with E-state index in [9.17, 15) is 4.79 Å². The lowest BCUT2D eigenvalue weighted by Crippen LogP contribution is -2.27. The molecule has 0 fully saturated rings. The van der Waals surface area contributed by atoms with Crippen LogP contribution in [0.1, 0.15) is 29.4 Å². The second-order valence-electron chi connectivity index (χ2n) is 3.99. The van der Waals surface area contributed by atoms with Gasteiger partial charge in [-0.1, -0.05) is 13.0 Å². The van der Waals surface area contributed by atoms with Gasteiger partial charge in [0.25, 0.3) is 5.91 Å². The monoisotopic (exact) mass is 251 g/mol.